The van der Waals surface area contributed by atoms with Crippen LogP contribution in [0.25, 0.3) is 0 Å². The van der Waals surface area contributed by atoms with Crippen molar-refractivity contribution in [1.29, 1.82) is 0 Å². The van der Waals surface area contributed by atoms with Gasteiger partial charge in [0.1, 0.15) is 23.3 Å². The van der Waals surface area contributed by atoms with Crippen LogP contribution in [0.2, 0.25) is 0 Å². The highest BCUT2D eigenvalue weighted by Gasteiger charge is 2.20. The predicted octanol–water partition coefficient (Wildman–Crippen LogP) is 0.477. The average Bonchev–Trinajstić information content (AvgIpc) is 2.58. The van der Waals surface area contributed by atoms with Crippen molar-refractivity contribution in [1.82, 2.24) is 9.97 Å². The molecule has 2 N–H and O–H groups in total. The minimum atomic E-state index is -1.66. The first kappa shape index (κ1) is 20.4. The number of rotatable bonds is 7. The van der Waals surface area contributed by atoms with Gasteiger partial charge in [0.05, 0.1) is 6.61 Å². The van der Waals surface area contributed by atoms with Gasteiger partial charge in [-0.2, -0.15) is 0 Å². The molecule has 0 saturated carbocycles. The van der Waals surface area contributed by atoms with E-state index in [9.17, 15) is 19.2 Å². The summed E-state index contributed by atoms with van der Waals surface area (Å²) in [5.41, 5.74) is 0. The van der Waals surface area contributed by atoms with Crippen LogP contribution < -0.4 is 5.32 Å². The van der Waals surface area contributed by atoms with Crippen molar-refractivity contribution in [3.8, 4) is 0 Å². The second kappa shape index (κ2) is 10.2. The quantitative estimate of drug-likeness (QED) is 0.300. The molecule has 25 heavy (non-hydrogen) atoms. The van der Waals surface area contributed by atoms with E-state index in [1.54, 1.807) is 13.8 Å². The molecule has 0 spiro atoms. The van der Waals surface area contributed by atoms with Gasteiger partial charge in [-0.1, -0.05) is 6.92 Å². The van der Waals surface area contributed by atoms with Gasteiger partial charge in [-0.05, 0) is 13.3 Å². The SMILES string of the molecule is CCOC(=O)C(=O)Nc1cc(SCC(CC)OC(=O)C(=O)O)ncn1. The number of amides is 1. The highest BCUT2D eigenvalue weighted by atomic mass is 32.2. The van der Waals surface area contributed by atoms with E-state index >= 15 is 0 Å². The summed E-state index contributed by atoms with van der Waals surface area (Å²) in [4.78, 5) is 52.2. The van der Waals surface area contributed by atoms with Gasteiger partial charge in [0.15, 0.2) is 0 Å². The standard InChI is InChI=1S/C14H17N3O7S/c1-3-8(24-14(22)12(19)20)6-25-10-5-9(15-7-16-10)17-11(18)13(21)23-4-2/h5,7-8H,3-4,6H2,1-2H3,(H,19,20)(H,15,16,17,18). The smallest absolute Gasteiger partial charge is 0.417 e. The predicted molar refractivity (Wildman–Crippen MR) is 85.8 cm³/mol. The number of hydrogen-bond acceptors (Lipinski definition) is 9. The van der Waals surface area contributed by atoms with Crippen LogP contribution in [0, 0.1) is 0 Å². The van der Waals surface area contributed by atoms with Crippen LogP contribution in [-0.2, 0) is 28.7 Å². The molecule has 0 saturated heterocycles. The number of aromatic nitrogens is 2. The molecule has 0 fully saturated rings. The molecule has 1 unspecified atom stereocenters. The van der Waals surface area contributed by atoms with Gasteiger partial charge in [0.25, 0.3) is 0 Å². The Kier molecular flexibility index (Phi) is 8.33. The molecule has 1 aromatic rings. The van der Waals surface area contributed by atoms with E-state index in [1.807, 2.05) is 0 Å². The van der Waals surface area contributed by atoms with Crippen molar-refractivity contribution < 1.29 is 33.8 Å². The monoisotopic (exact) mass is 371 g/mol. The summed E-state index contributed by atoms with van der Waals surface area (Å²) in [6, 6.07) is 1.42. The molecule has 1 heterocycles. The maximum Gasteiger partial charge on any atom is 0.417 e. The number of nitrogens with one attached hydrogen (secondary N) is 1. The number of nitrogens with zero attached hydrogens (tertiary/aromatic N) is 2. The fourth-order valence-corrected chi connectivity index (χ4v) is 2.44. The lowest BCUT2D eigenvalue weighted by molar-refractivity contribution is -0.166. The van der Waals surface area contributed by atoms with Crippen molar-refractivity contribution in [3.63, 3.8) is 0 Å². The van der Waals surface area contributed by atoms with Crippen LogP contribution in [0.1, 0.15) is 20.3 Å². The summed E-state index contributed by atoms with van der Waals surface area (Å²) in [6.45, 7) is 3.39. The van der Waals surface area contributed by atoms with E-state index in [-0.39, 0.29) is 18.2 Å². The fourth-order valence-electron chi connectivity index (χ4n) is 1.47. The minimum absolute atomic E-state index is 0.0740. The molecular weight excluding hydrogens is 354 g/mol. The molecule has 0 bridgehead atoms. The molecule has 136 valence electrons. The Hall–Kier alpha value is -2.69. The number of aliphatic carboxylic acids is 1. The summed E-state index contributed by atoms with van der Waals surface area (Å²) in [5, 5.41) is 11.3. The average molecular weight is 371 g/mol. The van der Waals surface area contributed by atoms with Gasteiger partial charge < -0.3 is 19.9 Å². The van der Waals surface area contributed by atoms with Crippen molar-refractivity contribution in [3.05, 3.63) is 12.4 Å². The van der Waals surface area contributed by atoms with Crippen molar-refractivity contribution in [2.75, 3.05) is 17.7 Å². The lowest BCUT2D eigenvalue weighted by atomic mass is 10.3. The van der Waals surface area contributed by atoms with Gasteiger partial charge >= 0.3 is 23.8 Å². The molecule has 1 rings (SSSR count). The normalized spacial score (nSPS) is 11.3. The molecule has 0 aliphatic rings. The van der Waals surface area contributed by atoms with E-state index in [1.165, 1.54) is 24.2 Å². The highest BCUT2D eigenvalue weighted by Crippen LogP contribution is 2.20. The van der Waals surface area contributed by atoms with Gasteiger partial charge in [0, 0.05) is 11.8 Å². The van der Waals surface area contributed by atoms with Gasteiger partial charge in [-0.3, -0.25) is 4.79 Å². The number of ether oxygens (including phenoxy) is 2. The number of carbonyl (C=O) groups excluding carboxylic acids is 3. The molecule has 0 aromatic carbocycles. The second-order valence-electron chi connectivity index (χ2n) is 4.47. The topological polar surface area (TPSA) is 145 Å². The highest BCUT2D eigenvalue weighted by molar-refractivity contribution is 7.99. The zero-order valence-corrected chi connectivity index (χ0v) is 14.4. The van der Waals surface area contributed by atoms with Crippen molar-refractivity contribution in [2.24, 2.45) is 0 Å². The molecular formula is C14H17N3O7S. The van der Waals surface area contributed by atoms with Gasteiger partial charge in [0.2, 0.25) is 0 Å². The van der Waals surface area contributed by atoms with Crippen LogP contribution in [0.4, 0.5) is 5.82 Å². The summed E-state index contributed by atoms with van der Waals surface area (Å²) < 4.78 is 9.36. The number of hydrogen-bond donors (Lipinski definition) is 2. The Bertz CT molecular complexity index is 653. The van der Waals surface area contributed by atoms with E-state index in [0.717, 1.165) is 0 Å². The molecule has 1 atom stereocenters. The first-order valence-corrected chi connectivity index (χ1v) is 8.22. The van der Waals surface area contributed by atoms with Gasteiger partial charge in [-0.15, -0.1) is 11.8 Å². The number of carbonyl (C=O) groups is 4. The largest absolute Gasteiger partial charge is 0.473 e. The minimum Gasteiger partial charge on any atom is -0.473 e. The number of anilines is 1. The Labute approximate surface area is 147 Å². The van der Waals surface area contributed by atoms with Gasteiger partial charge in [-0.25, -0.2) is 24.4 Å². The third-order valence-corrected chi connectivity index (χ3v) is 3.72. The Balaban J connectivity index is 2.62. The molecule has 1 aromatic heterocycles. The third kappa shape index (κ3) is 7.16. The molecule has 11 heteroatoms. The lowest BCUT2D eigenvalue weighted by Crippen LogP contribution is -2.25. The summed E-state index contributed by atoms with van der Waals surface area (Å²) in [6.07, 6.45) is 0.998. The van der Waals surface area contributed by atoms with Crippen LogP contribution in [0.3, 0.4) is 0 Å². The molecule has 1 amide bonds. The summed E-state index contributed by atoms with van der Waals surface area (Å²) in [7, 11) is 0. The lowest BCUT2D eigenvalue weighted by Gasteiger charge is -2.14. The van der Waals surface area contributed by atoms with Crippen molar-refractivity contribution in [2.45, 2.75) is 31.4 Å². The van der Waals surface area contributed by atoms with E-state index in [2.05, 4.69) is 20.0 Å². The fraction of sp³-hybridized carbons (Fsp3) is 0.429. The van der Waals surface area contributed by atoms with Crippen LogP contribution in [-0.4, -0.2) is 57.4 Å². The van der Waals surface area contributed by atoms with E-state index in [0.29, 0.717) is 11.4 Å². The maximum atomic E-state index is 11.5. The summed E-state index contributed by atoms with van der Waals surface area (Å²) >= 11 is 1.18. The first-order chi connectivity index (χ1) is 11.9. The van der Waals surface area contributed by atoms with Crippen molar-refractivity contribution >= 4 is 41.4 Å². The molecule has 0 aliphatic heterocycles. The zero-order chi connectivity index (χ0) is 18.8. The zero-order valence-electron chi connectivity index (χ0n) is 13.6. The summed E-state index contributed by atoms with van der Waals surface area (Å²) in [5.74, 6) is -4.60. The number of esters is 2. The van der Waals surface area contributed by atoms with Crippen LogP contribution in [0.15, 0.2) is 17.4 Å². The maximum absolute atomic E-state index is 11.5. The Morgan fingerprint density at radius 1 is 1.24 bits per heavy atom. The molecule has 0 radical (unpaired) electrons. The first-order valence-electron chi connectivity index (χ1n) is 7.24. The molecule has 0 aliphatic carbocycles. The van der Waals surface area contributed by atoms with Crippen LogP contribution in [0.5, 0.6) is 0 Å². The van der Waals surface area contributed by atoms with E-state index < -0.39 is 29.9 Å². The Morgan fingerprint density at radius 2 is 1.96 bits per heavy atom. The number of thioether (sulfide) groups is 1. The third-order valence-electron chi connectivity index (χ3n) is 2.67. The van der Waals surface area contributed by atoms with E-state index in [4.69, 9.17) is 9.84 Å². The van der Waals surface area contributed by atoms with Crippen LogP contribution >= 0.6 is 11.8 Å². The number of carboxylic acid groups (broad SMARTS) is 1. The Morgan fingerprint density at radius 3 is 2.56 bits per heavy atom. The second-order valence-corrected chi connectivity index (χ2v) is 5.51. The molecule has 10 nitrogen and oxygen atoms in total. The number of carboxylic acids is 1.